The van der Waals surface area contributed by atoms with Crippen molar-refractivity contribution in [2.75, 3.05) is 0 Å². The predicted octanol–water partition coefficient (Wildman–Crippen LogP) is 4.18. The smallest absolute Gasteiger partial charge is 0.0801 e. The van der Waals surface area contributed by atoms with Crippen LogP contribution in [0.3, 0.4) is 0 Å². The highest BCUT2D eigenvalue weighted by atomic mass is 28.3. The van der Waals surface area contributed by atoms with Crippen LogP contribution in [0.5, 0.6) is 0 Å². The third kappa shape index (κ3) is 5.33. The molecule has 0 fully saturated rings. The molecule has 1 rings (SSSR count). The van der Waals surface area contributed by atoms with E-state index in [4.69, 9.17) is 0 Å². The van der Waals surface area contributed by atoms with Crippen LogP contribution in [0.25, 0.3) is 6.08 Å². The molecule has 2 heteroatoms. The SMILES string of the molecule is CC(C)(O)/C(=C\c1ccccc1)C[Si](C)(C)C. The lowest BCUT2D eigenvalue weighted by Crippen LogP contribution is -2.29. The molecular weight excluding hydrogens is 224 g/mol. The van der Waals surface area contributed by atoms with E-state index in [1.807, 2.05) is 32.0 Å². The summed E-state index contributed by atoms with van der Waals surface area (Å²) in [5, 5.41) is 10.3. The molecule has 0 aliphatic carbocycles. The highest BCUT2D eigenvalue weighted by Gasteiger charge is 2.25. The fourth-order valence-corrected chi connectivity index (χ4v) is 3.44. The lowest BCUT2D eigenvalue weighted by molar-refractivity contribution is 0.121. The predicted molar refractivity (Wildman–Crippen MR) is 78.9 cm³/mol. The van der Waals surface area contributed by atoms with Crippen molar-refractivity contribution in [3.63, 3.8) is 0 Å². The Morgan fingerprint density at radius 2 is 1.71 bits per heavy atom. The monoisotopic (exact) mass is 248 g/mol. The average Bonchev–Trinajstić information content (AvgIpc) is 2.15. The van der Waals surface area contributed by atoms with E-state index in [0.717, 1.165) is 11.6 Å². The van der Waals surface area contributed by atoms with Gasteiger partial charge in [-0.15, -0.1) is 0 Å². The van der Waals surface area contributed by atoms with E-state index in [1.165, 1.54) is 5.56 Å². The highest BCUT2D eigenvalue weighted by Crippen LogP contribution is 2.27. The van der Waals surface area contributed by atoms with E-state index in [9.17, 15) is 5.11 Å². The second-order valence-electron chi connectivity index (χ2n) is 6.38. The van der Waals surface area contributed by atoms with Gasteiger partial charge in [-0.05, 0) is 31.0 Å². The van der Waals surface area contributed by atoms with E-state index in [2.05, 4.69) is 37.8 Å². The van der Waals surface area contributed by atoms with Crippen molar-refractivity contribution in [3.8, 4) is 0 Å². The van der Waals surface area contributed by atoms with Crippen molar-refractivity contribution in [1.29, 1.82) is 0 Å². The van der Waals surface area contributed by atoms with Crippen molar-refractivity contribution >= 4 is 14.1 Å². The number of hydrogen-bond donors (Lipinski definition) is 1. The van der Waals surface area contributed by atoms with Gasteiger partial charge in [-0.25, -0.2) is 0 Å². The summed E-state index contributed by atoms with van der Waals surface area (Å²) in [6, 6.07) is 11.3. The van der Waals surface area contributed by atoms with E-state index in [-0.39, 0.29) is 0 Å². The molecule has 1 aromatic carbocycles. The molecule has 1 nitrogen and oxygen atoms in total. The Hall–Kier alpha value is -0.863. The molecule has 0 aliphatic rings. The van der Waals surface area contributed by atoms with Gasteiger partial charge in [-0.2, -0.15) is 0 Å². The molecule has 1 N–H and O–H groups in total. The molecule has 17 heavy (non-hydrogen) atoms. The third-order valence-corrected chi connectivity index (χ3v) is 4.09. The van der Waals surface area contributed by atoms with Gasteiger partial charge in [0.2, 0.25) is 0 Å². The minimum atomic E-state index is -1.21. The van der Waals surface area contributed by atoms with Crippen molar-refractivity contribution in [2.45, 2.75) is 45.1 Å². The van der Waals surface area contributed by atoms with Crippen LogP contribution in [-0.4, -0.2) is 18.8 Å². The maximum absolute atomic E-state index is 10.3. The molecule has 0 bridgehead atoms. The first kappa shape index (κ1) is 14.2. The Labute approximate surface area is 106 Å². The molecule has 0 unspecified atom stereocenters. The lowest BCUT2D eigenvalue weighted by atomic mass is 9.97. The van der Waals surface area contributed by atoms with Crippen molar-refractivity contribution < 1.29 is 5.11 Å². The topological polar surface area (TPSA) is 20.2 Å². The van der Waals surface area contributed by atoms with E-state index in [0.29, 0.717) is 0 Å². The van der Waals surface area contributed by atoms with Crippen molar-refractivity contribution in [2.24, 2.45) is 0 Å². The first-order valence-corrected chi connectivity index (χ1v) is 9.88. The first-order valence-electron chi connectivity index (χ1n) is 6.17. The van der Waals surface area contributed by atoms with Gasteiger partial charge in [-0.1, -0.05) is 56.0 Å². The Morgan fingerprint density at radius 3 is 2.12 bits per heavy atom. The highest BCUT2D eigenvalue weighted by molar-refractivity contribution is 6.76. The van der Waals surface area contributed by atoms with Gasteiger partial charge in [0.15, 0.2) is 0 Å². The third-order valence-electron chi connectivity index (χ3n) is 2.65. The van der Waals surface area contributed by atoms with Crippen LogP contribution in [0, 0.1) is 0 Å². The van der Waals surface area contributed by atoms with Gasteiger partial charge in [0.05, 0.1) is 5.60 Å². The van der Waals surface area contributed by atoms with E-state index in [1.54, 1.807) is 0 Å². The van der Waals surface area contributed by atoms with Gasteiger partial charge in [-0.3, -0.25) is 0 Å². The molecule has 0 radical (unpaired) electrons. The number of benzene rings is 1. The van der Waals surface area contributed by atoms with Gasteiger partial charge >= 0.3 is 0 Å². The van der Waals surface area contributed by atoms with E-state index >= 15 is 0 Å². The summed E-state index contributed by atoms with van der Waals surface area (Å²) in [6.07, 6.45) is 2.14. The molecule has 94 valence electrons. The Kier molecular flexibility index (Phi) is 4.34. The summed E-state index contributed by atoms with van der Waals surface area (Å²) in [7, 11) is -1.21. The Balaban J connectivity index is 3.04. The van der Waals surface area contributed by atoms with Gasteiger partial charge in [0.25, 0.3) is 0 Å². The summed E-state index contributed by atoms with van der Waals surface area (Å²) < 4.78 is 0. The normalized spacial score (nSPS) is 13.9. The second-order valence-corrected chi connectivity index (χ2v) is 11.9. The summed E-state index contributed by atoms with van der Waals surface area (Å²) in [5.41, 5.74) is 1.58. The largest absolute Gasteiger partial charge is 0.386 e. The minimum absolute atomic E-state index is 0.726. The van der Waals surface area contributed by atoms with Crippen LogP contribution in [0.4, 0.5) is 0 Å². The zero-order chi connectivity index (χ0) is 13.1. The minimum Gasteiger partial charge on any atom is -0.386 e. The molecule has 0 aromatic heterocycles. The van der Waals surface area contributed by atoms with Crippen LogP contribution in [0.1, 0.15) is 19.4 Å². The van der Waals surface area contributed by atoms with Gasteiger partial charge in [0.1, 0.15) is 0 Å². The van der Waals surface area contributed by atoms with Crippen LogP contribution in [0.2, 0.25) is 25.7 Å². The maximum Gasteiger partial charge on any atom is 0.0801 e. The summed E-state index contributed by atoms with van der Waals surface area (Å²) in [6.45, 7) is 10.7. The van der Waals surface area contributed by atoms with Crippen LogP contribution in [-0.2, 0) is 0 Å². The van der Waals surface area contributed by atoms with Crippen LogP contribution in [0.15, 0.2) is 35.9 Å². The Morgan fingerprint density at radius 1 is 1.18 bits per heavy atom. The fourth-order valence-electron chi connectivity index (χ4n) is 1.77. The zero-order valence-electron chi connectivity index (χ0n) is 11.6. The zero-order valence-corrected chi connectivity index (χ0v) is 12.6. The Bertz CT molecular complexity index is 380. The quantitative estimate of drug-likeness (QED) is 0.793. The molecule has 0 spiro atoms. The lowest BCUT2D eigenvalue weighted by Gasteiger charge is -2.27. The molecule has 0 amide bonds. The average molecular weight is 248 g/mol. The maximum atomic E-state index is 10.3. The molecule has 0 aliphatic heterocycles. The molecule has 0 heterocycles. The van der Waals surface area contributed by atoms with Gasteiger partial charge < -0.3 is 5.11 Å². The van der Waals surface area contributed by atoms with Crippen molar-refractivity contribution in [3.05, 3.63) is 41.5 Å². The molecule has 1 aromatic rings. The summed E-state index contributed by atoms with van der Waals surface area (Å²) in [5.74, 6) is 0. The first-order chi connectivity index (χ1) is 7.68. The van der Waals surface area contributed by atoms with E-state index < -0.39 is 13.7 Å². The van der Waals surface area contributed by atoms with Crippen molar-refractivity contribution in [1.82, 2.24) is 0 Å². The number of aliphatic hydroxyl groups is 1. The van der Waals surface area contributed by atoms with Crippen LogP contribution >= 0.6 is 0 Å². The fraction of sp³-hybridized carbons (Fsp3) is 0.467. The number of hydrogen-bond acceptors (Lipinski definition) is 1. The molecule has 0 saturated heterocycles. The standard InChI is InChI=1S/C15H24OSi/c1-15(2,16)14(12-17(3,4)5)11-13-9-7-6-8-10-13/h6-11,16H,12H2,1-5H3/b14-11-. The summed E-state index contributed by atoms with van der Waals surface area (Å²) >= 11 is 0. The second kappa shape index (κ2) is 5.19. The summed E-state index contributed by atoms with van der Waals surface area (Å²) in [4.78, 5) is 0. The molecule has 0 atom stereocenters. The molecular formula is C15H24OSi. The molecule has 0 saturated carbocycles. The number of rotatable bonds is 4. The van der Waals surface area contributed by atoms with Gasteiger partial charge in [0, 0.05) is 8.07 Å². The van der Waals surface area contributed by atoms with Crippen LogP contribution < -0.4 is 0 Å².